The molecule has 4 heterocycles. The van der Waals surface area contributed by atoms with Crippen molar-refractivity contribution in [2.24, 2.45) is 13.0 Å². The Labute approximate surface area is 151 Å². The number of amides is 1. The summed E-state index contributed by atoms with van der Waals surface area (Å²) in [6.45, 7) is 3.41. The Morgan fingerprint density at radius 2 is 2.27 bits per heavy atom. The van der Waals surface area contributed by atoms with Crippen LogP contribution in [-0.2, 0) is 11.8 Å². The van der Waals surface area contributed by atoms with E-state index < -0.39 is 0 Å². The second-order valence-electron chi connectivity index (χ2n) is 6.59. The number of rotatable bonds is 5. The molecule has 136 valence electrons. The van der Waals surface area contributed by atoms with Crippen LogP contribution < -0.4 is 5.32 Å². The third-order valence-corrected chi connectivity index (χ3v) is 4.99. The molecular formula is C17H22N8O. The lowest BCUT2D eigenvalue weighted by molar-refractivity contribution is -0.138. The number of piperidine rings is 1. The lowest BCUT2D eigenvalue weighted by Gasteiger charge is -2.40. The Bertz CT molecular complexity index is 916. The highest BCUT2D eigenvalue weighted by Gasteiger charge is 2.36. The molecule has 1 N–H and O–H groups in total. The van der Waals surface area contributed by atoms with Crippen molar-refractivity contribution >= 4 is 17.4 Å². The maximum absolute atomic E-state index is 12.4. The van der Waals surface area contributed by atoms with Gasteiger partial charge in [-0.25, -0.2) is 4.98 Å². The van der Waals surface area contributed by atoms with Crippen LogP contribution >= 0.6 is 0 Å². The van der Waals surface area contributed by atoms with Gasteiger partial charge in [-0.2, -0.15) is 5.10 Å². The Morgan fingerprint density at radius 3 is 3.04 bits per heavy atom. The van der Waals surface area contributed by atoms with Crippen molar-refractivity contribution in [3.8, 4) is 0 Å². The minimum absolute atomic E-state index is 0.0139. The average Bonchev–Trinajstić information content (AvgIpc) is 3.29. The fraction of sp³-hybridized carbons (Fsp3) is 0.471. The molecule has 0 radical (unpaired) electrons. The summed E-state index contributed by atoms with van der Waals surface area (Å²) in [6, 6.07) is 0.0139. The van der Waals surface area contributed by atoms with Gasteiger partial charge < -0.3 is 10.2 Å². The highest BCUT2D eigenvalue weighted by Crippen LogP contribution is 2.36. The van der Waals surface area contributed by atoms with Gasteiger partial charge in [0.05, 0.1) is 12.2 Å². The quantitative estimate of drug-likeness (QED) is 0.742. The summed E-state index contributed by atoms with van der Waals surface area (Å²) in [7, 11) is 1.90. The molecule has 2 atom stereocenters. The zero-order valence-electron chi connectivity index (χ0n) is 14.9. The van der Waals surface area contributed by atoms with Crippen LogP contribution in [0, 0.1) is 5.92 Å². The zero-order chi connectivity index (χ0) is 18.1. The van der Waals surface area contributed by atoms with Gasteiger partial charge in [0.25, 0.3) is 0 Å². The summed E-state index contributed by atoms with van der Waals surface area (Å²) in [5, 5.41) is 15.7. The van der Waals surface area contributed by atoms with E-state index in [1.807, 2.05) is 41.9 Å². The number of anilines is 1. The number of carbonyl (C=O) groups is 1. The first-order valence-corrected chi connectivity index (χ1v) is 8.83. The maximum Gasteiger partial charge on any atom is 0.223 e. The Balaban J connectivity index is 1.59. The fourth-order valence-corrected chi connectivity index (χ4v) is 3.76. The molecule has 1 saturated heterocycles. The molecule has 1 aliphatic heterocycles. The third kappa shape index (κ3) is 2.89. The number of carbonyl (C=O) groups excluding carboxylic acids is 1. The molecule has 1 aliphatic rings. The predicted octanol–water partition coefficient (Wildman–Crippen LogP) is 1.27. The molecule has 3 aromatic heterocycles. The molecular weight excluding hydrogens is 332 g/mol. The van der Waals surface area contributed by atoms with Gasteiger partial charge in [-0.3, -0.25) is 13.9 Å². The predicted molar refractivity (Wildman–Crippen MR) is 95.3 cm³/mol. The molecule has 26 heavy (non-hydrogen) atoms. The van der Waals surface area contributed by atoms with Crippen LogP contribution in [0.4, 0.5) is 5.82 Å². The molecule has 9 heteroatoms. The van der Waals surface area contributed by atoms with Gasteiger partial charge in [-0.15, -0.1) is 10.2 Å². The molecule has 1 fully saturated rings. The normalized spacial score (nSPS) is 20.7. The molecule has 0 bridgehead atoms. The van der Waals surface area contributed by atoms with Crippen molar-refractivity contribution in [2.75, 3.05) is 18.4 Å². The van der Waals surface area contributed by atoms with Gasteiger partial charge >= 0.3 is 0 Å². The maximum atomic E-state index is 12.4. The highest BCUT2D eigenvalue weighted by molar-refractivity contribution is 5.77. The number of hydrogen-bond acceptors (Lipinski definition) is 6. The Kier molecular flexibility index (Phi) is 4.27. The Hall–Kier alpha value is -2.97. The molecule has 4 rings (SSSR count). The van der Waals surface area contributed by atoms with Crippen LogP contribution in [0.2, 0.25) is 0 Å². The van der Waals surface area contributed by atoms with E-state index in [0.717, 1.165) is 12.0 Å². The van der Waals surface area contributed by atoms with E-state index in [-0.39, 0.29) is 17.9 Å². The van der Waals surface area contributed by atoms with Crippen LogP contribution in [0.15, 0.2) is 31.1 Å². The van der Waals surface area contributed by atoms with E-state index in [1.165, 1.54) is 0 Å². The number of aromatic nitrogens is 6. The first kappa shape index (κ1) is 16.5. The summed E-state index contributed by atoms with van der Waals surface area (Å²) < 4.78 is 3.61. The van der Waals surface area contributed by atoms with Crippen LogP contribution in [-0.4, -0.2) is 53.3 Å². The second-order valence-corrected chi connectivity index (χ2v) is 6.59. The van der Waals surface area contributed by atoms with E-state index in [0.29, 0.717) is 31.0 Å². The van der Waals surface area contributed by atoms with Gasteiger partial charge in [-0.05, 0) is 13.3 Å². The third-order valence-electron chi connectivity index (χ3n) is 4.99. The van der Waals surface area contributed by atoms with Gasteiger partial charge in [0.15, 0.2) is 5.82 Å². The molecule has 9 nitrogen and oxygen atoms in total. The number of likely N-dealkylation sites (tertiary alicyclic amines) is 1. The molecule has 0 spiro atoms. The van der Waals surface area contributed by atoms with Gasteiger partial charge in [0, 0.05) is 56.6 Å². The van der Waals surface area contributed by atoms with Crippen molar-refractivity contribution < 1.29 is 4.79 Å². The van der Waals surface area contributed by atoms with E-state index in [1.54, 1.807) is 17.2 Å². The van der Waals surface area contributed by atoms with Crippen molar-refractivity contribution in [3.63, 3.8) is 0 Å². The summed E-state index contributed by atoms with van der Waals surface area (Å²) in [4.78, 5) is 18.8. The first-order chi connectivity index (χ1) is 12.7. The Morgan fingerprint density at radius 1 is 1.38 bits per heavy atom. The second kappa shape index (κ2) is 6.74. The number of nitrogens with one attached hydrogen (secondary N) is 1. The van der Waals surface area contributed by atoms with E-state index in [2.05, 4.69) is 25.6 Å². The largest absolute Gasteiger partial charge is 0.367 e. The summed E-state index contributed by atoms with van der Waals surface area (Å²) in [5.41, 5.74) is 1.77. The first-order valence-electron chi connectivity index (χ1n) is 8.83. The van der Waals surface area contributed by atoms with Crippen LogP contribution in [0.3, 0.4) is 0 Å². The minimum Gasteiger partial charge on any atom is -0.367 e. The van der Waals surface area contributed by atoms with Gasteiger partial charge in [0.2, 0.25) is 11.6 Å². The van der Waals surface area contributed by atoms with Crippen molar-refractivity contribution in [3.05, 3.63) is 36.7 Å². The van der Waals surface area contributed by atoms with Crippen LogP contribution in [0.1, 0.15) is 31.4 Å². The fourth-order valence-electron chi connectivity index (χ4n) is 3.76. The van der Waals surface area contributed by atoms with Crippen molar-refractivity contribution in [2.45, 2.75) is 25.8 Å². The van der Waals surface area contributed by atoms with Crippen LogP contribution in [0.25, 0.3) is 5.65 Å². The van der Waals surface area contributed by atoms with E-state index in [9.17, 15) is 4.79 Å². The number of hydrogen-bond donors (Lipinski definition) is 1. The van der Waals surface area contributed by atoms with E-state index >= 15 is 0 Å². The summed E-state index contributed by atoms with van der Waals surface area (Å²) in [6.07, 6.45) is 10.4. The molecule has 1 amide bonds. The van der Waals surface area contributed by atoms with Gasteiger partial charge in [0.1, 0.15) is 6.33 Å². The summed E-state index contributed by atoms with van der Waals surface area (Å²) >= 11 is 0. The van der Waals surface area contributed by atoms with Crippen molar-refractivity contribution in [1.82, 2.24) is 34.3 Å². The number of nitrogens with zero attached hydrogens (tertiary/aromatic N) is 7. The summed E-state index contributed by atoms with van der Waals surface area (Å²) in [5.74, 6) is 1.17. The minimum atomic E-state index is 0.0139. The topological polar surface area (TPSA) is 93.2 Å². The molecule has 3 aromatic rings. The SMILES string of the molecule is CCN1C(=O)CC[C@H](CNc2nccn3cnnc23)[C@H]1c1cnn(C)c1. The lowest BCUT2D eigenvalue weighted by Crippen LogP contribution is -2.44. The standard InChI is InChI=1S/C17H22N8O/c1-3-25-14(26)5-4-12(15(25)13-9-21-23(2)10-13)8-19-16-17-22-20-11-24(17)7-6-18-16/h6-7,9-12,15H,3-5,8H2,1-2H3,(H,18,19)/t12-,15+/m1/s1. The zero-order valence-corrected chi connectivity index (χ0v) is 14.9. The average molecular weight is 354 g/mol. The lowest BCUT2D eigenvalue weighted by atomic mass is 9.85. The number of fused-ring (bicyclic) bond motifs is 1. The molecule has 0 aromatic carbocycles. The molecule has 0 aliphatic carbocycles. The van der Waals surface area contributed by atoms with E-state index in [4.69, 9.17) is 0 Å². The highest BCUT2D eigenvalue weighted by atomic mass is 16.2. The molecule has 0 unspecified atom stereocenters. The molecule has 0 saturated carbocycles. The smallest absolute Gasteiger partial charge is 0.223 e. The number of aryl methyl sites for hydroxylation is 1. The van der Waals surface area contributed by atoms with Crippen molar-refractivity contribution in [1.29, 1.82) is 0 Å². The monoisotopic (exact) mass is 354 g/mol. The van der Waals surface area contributed by atoms with Gasteiger partial charge in [-0.1, -0.05) is 0 Å². The van der Waals surface area contributed by atoms with Crippen LogP contribution in [0.5, 0.6) is 0 Å².